The van der Waals surface area contributed by atoms with Crippen molar-refractivity contribution in [3.63, 3.8) is 0 Å². The highest BCUT2D eigenvalue weighted by Gasteiger charge is 2.27. The average Bonchev–Trinajstić information content (AvgIpc) is 2.92. The summed E-state index contributed by atoms with van der Waals surface area (Å²) in [6.07, 6.45) is 9.79. The molecule has 36 heavy (non-hydrogen) atoms. The molecule has 0 saturated carbocycles. The van der Waals surface area contributed by atoms with Crippen LogP contribution in [0.2, 0.25) is 0 Å². The molecule has 1 atom stereocenters. The van der Waals surface area contributed by atoms with Gasteiger partial charge in [0.1, 0.15) is 5.75 Å². The number of rotatable bonds is 17. The van der Waals surface area contributed by atoms with Crippen LogP contribution in [-0.2, 0) is 12.8 Å². The first-order chi connectivity index (χ1) is 17.7. The number of unbranched alkanes of at least 4 members (excludes halogenated alkanes) is 3. The van der Waals surface area contributed by atoms with Gasteiger partial charge in [-0.25, -0.2) is 0 Å². The number of methoxy groups -OCH3 is 3. The Hall–Kier alpha value is -1.89. The Morgan fingerprint density at radius 3 is 2.42 bits per heavy atom. The fourth-order valence-electron chi connectivity index (χ4n) is 5.20. The number of nitrogens with one attached hydrogen (secondary N) is 1. The molecule has 0 heterocycles. The summed E-state index contributed by atoms with van der Waals surface area (Å²) in [6.45, 7) is 6.89. The van der Waals surface area contributed by atoms with E-state index in [1.807, 2.05) is 23.9 Å². The summed E-state index contributed by atoms with van der Waals surface area (Å²) >= 11 is 1.90. The second-order valence-corrected chi connectivity index (χ2v) is 10.7. The van der Waals surface area contributed by atoms with Crippen LogP contribution in [0.1, 0.15) is 56.6 Å². The molecule has 1 aliphatic rings. The molecule has 0 amide bonds. The van der Waals surface area contributed by atoms with E-state index in [1.165, 1.54) is 67.6 Å². The number of hydrogen-bond donors (Lipinski definition) is 1. The van der Waals surface area contributed by atoms with Crippen LogP contribution in [0.3, 0.4) is 0 Å². The first-order valence-corrected chi connectivity index (χ1v) is 14.6. The van der Waals surface area contributed by atoms with Gasteiger partial charge in [0, 0.05) is 28.8 Å². The van der Waals surface area contributed by atoms with Crippen molar-refractivity contribution in [3.05, 3.63) is 47.5 Å². The summed E-state index contributed by atoms with van der Waals surface area (Å²) in [6, 6.07) is 13.3. The quantitative estimate of drug-likeness (QED) is 0.200. The van der Waals surface area contributed by atoms with E-state index in [0.717, 1.165) is 48.9 Å². The largest absolute Gasteiger partial charge is 0.497 e. The van der Waals surface area contributed by atoms with Gasteiger partial charge in [0.05, 0.1) is 21.3 Å². The van der Waals surface area contributed by atoms with E-state index < -0.39 is 0 Å². The van der Waals surface area contributed by atoms with Gasteiger partial charge in [0.2, 0.25) is 0 Å². The molecule has 0 bridgehead atoms. The molecule has 1 N–H and O–H groups in total. The van der Waals surface area contributed by atoms with E-state index in [9.17, 15) is 0 Å². The fraction of sp³-hybridized carbons (Fsp3) is 0.600. The third kappa shape index (κ3) is 8.60. The summed E-state index contributed by atoms with van der Waals surface area (Å²) in [5, 5.41) is 3.60. The van der Waals surface area contributed by atoms with Gasteiger partial charge in [-0.05, 0) is 94.1 Å². The van der Waals surface area contributed by atoms with E-state index in [1.54, 1.807) is 21.3 Å². The van der Waals surface area contributed by atoms with Gasteiger partial charge in [-0.3, -0.25) is 0 Å². The van der Waals surface area contributed by atoms with E-state index in [-0.39, 0.29) is 0 Å². The molecule has 6 heteroatoms. The molecule has 5 nitrogen and oxygen atoms in total. The third-order valence-electron chi connectivity index (χ3n) is 7.11. The minimum atomic E-state index is 0.639. The number of benzene rings is 2. The Morgan fingerprint density at radius 2 is 1.69 bits per heavy atom. The van der Waals surface area contributed by atoms with Crippen molar-refractivity contribution in [2.45, 2.75) is 69.2 Å². The van der Waals surface area contributed by atoms with Crippen molar-refractivity contribution in [3.8, 4) is 17.2 Å². The van der Waals surface area contributed by atoms with Crippen LogP contribution in [0.25, 0.3) is 0 Å². The molecular weight excluding hydrogens is 468 g/mol. The second-order valence-electron chi connectivity index (χ2n) is 9.56. The number of nitrogens with zero attached hydrogens (tertiary/aromatic N) is 1. The molecule has 2 aromatic carbocycles. The van der Waals surface area contributed by atoms with Crippen LogP contribution in [0, 0.1) is 0 Å². The maximum atomic E-state index is 5.69. The molecule has 0 aliphatic heterocycles. The van der Waals surface area contributed by atoms with Crippen LogP contribution in [0.4, 0.5) is 0 Å². The lowest BCUT2D eigenvalue weighted by molar-refractivity contribution is 0.175. The zero-order valence-corrected chi connectivity index (χ0v) is 23.6. The van der Waals surface area contributed by atoms with Gasteiger partial charge in [-0.1, -0.05) is 25.8 Å². The molecule has 1 aliphatic carbocycles. The standard InChI is InChI=1S/C30H46N2O3S/c1-5-20-32(25-11-16-28-24(23-25)10-17-29(34-3)30(28)35-4)21-9-7-6-8-18-31-19-22-36-27-14-12-26(33-2)13-15-27/h10,12-15,17,25,31H,5-9,11,16,18-23H2,1-4H3/t25-/m0/s1. The zero-order valence-electron chi connectivity index (χ0n) is 22.8. The fourth-order valence-corrected chi connectivity index (χ4v) is 6.01. The lowest BCUT2D eigenvalue weighted by atomic mass is 9.86. The van der Waals surface area contributed by atoms with Gasteiger partial charge < -0.3 is 24.4 Å². The zero-order chi connectivity index (χ0) is 25.6. The lowest BCUT2D eigenvalue weighted by Crippen LogP contribution is -2.40. The molecule has 3 rings (SSSR count). The number of hydrogen-bond acceptors (Lipinski definition) is 6. The molecule has 0 radical (unpaired) electrons. The Labute approximate surface area is 223 Å². The summed E-state index contributed by atoms with van der Waals surface area (Å²) < 4.78 is 16.4. The van der Waals surface area contributed by atoms with Crippen molar-refractivity contribution in [1.82, 2.24) is 10.2 Å². The maximum Gasteiger partial charge on any atom is 0.164 e. The van der Waals surface area contributed by atoms with Gasteiger partial charge in [0.25, 0.3) is 0 Å². The summed E-state index contributed by atoms with van der Waals surface area (Å²) in [7, 11) is 5.18. The topological polar surface area (TPSA) is 43.0 Å². The van der Waals surface area contributed by atoms with Crippen LogP contribution in [0.5, 0.6) is 17.2 Å². The predicted molar refractivity (Wildman–Crippen MR) is 152 cm³/mol. The number of thioether (sulfide) groups is 1. The normalized spacial score (nSPS) is 15.1. The van der Waals surface area contributed by atoms with Crippen LogP contribution in [0.15, 0.2) is 41.3 Å². The minimum absolute atomic E-state index is 0.639. The van der Waals surface area contributed by atoms with Crippen LogP contribution < -0.4 is 19.5 Å². The highest BCUT2D eigenvalue weighted by Crippen LogP contribution is 2.38. The van der Waals surface area contributed by atoms with Gasteiger partial charge in [-0.15, -0.1) is 11.8 Å². The molecule has 0 unspecified atom stereocenters. The monoisotopic (exact) mass is 514 g/mol. The predicted octanol–water partition coefficient (Wildman–Crippen LogP) is 6.22. The van der Waals surface area contributed by atoms with Crippen molar-refractivity contribution in [2.24, 2.45) is 0 Å². The van der Waals surface area contributed by atoms with Crippen molar-refractivity contribution in [2.75, 3.05) is 53.3 Å². The Bertz CT molecular complexity index is 891. The highest BCUT2D eigenvalue weighted by atomic mass is 32.2. The molecule has 0 saturated heterocycles. The summed E-state index contributed by atoms with van der Waals surface area (Å²) in [5.41, 5.74) is 2.78. The van der Waals surface area contributed by atoms with Crippen LogP contribution in [-0.4, -0.2) is 64.2 Å². The molecule has 2 aromatic rings. The van der Waals surface area contributed by atoms with Gasteiger partial charge in [0.15, 0.2) is 11.5 Å². The first-order valence-electron chi connectivity index (χ1n) is 13.6. The third-order valence-corrected chi connectivity index (χ3v) is 8.13. The SMILES string of the molecule is CCCN(CCCCCCNCCSc1ccc(OC)cc1)[C@H]1CCc2c(ccc(OC)c2OC)C1. The van der Waals surface area contributed by atoms with Crippen molar-refractivity contribution >= 4 is 11.8 Å². The molecule has 0 aromatic heterocycles. The van der Waals surface area contributed by atoms with E-state index in [4.69, 9.17) is 14.2 Å². The van der Waals surface area contributed by atoms with Gasteiger partial charge in [-0.2, -0.15) is 0 Å². The Balaban J connectivity index is 1.30. The summed E-state index contributed by atoms with van der Waals surface area (Å²) in [4.78, 5) is 4.04. The van der Waals surface area contributed by atoms with Crippen molar-refractivity contribution in [1.29, 1.82) is 0 Å². The smallest absolute Gasteiger partial charge is 0.164 e. The Morgan fingerprint density at radius 1 is 0.889 bits per heavy atom. The molecule has 200 valence electrons. The average molecular weight is 515 g/mol. The maximum absolute atomic E-state index is 5.69. The van der Waals surface area contributed by atoms with Crippen LogP contribution >= 0.6 is 11.8 Å². The van der Waals surface area contributed by atoms with Crippen molar-refractivity contribution < 1.29 is 14.2 Å². The van der Waals surface area contributed by atoms with E-state index >= 15 is 0 Å². The van der Waals surface area contributed by atoms with E-state index in [2.05, 4.69) is 41.4 Å². The lowest BCUT2D eigenvalue weighted by Gasteiger charge is -2.36. The molecular formula is C30H46N2O3S. The minimum Gasteiger partial charge on any atom is -0.497 e. The second kappa shape index (κ2) is 16.1. The van der Waals surface area contributed by atoms with Gasteiger partial charge >= 0.3 is 0 Å². The van der Waals surface area contributed by atoms with E-state index in [0.29, 0.717) is 6.04 Å². The number of fused-ring (bicyclic) bond motifs is 1. The highest BCUT2D eigenvalue weighted by molar-refractivity contribution is 7.99. The summed E-state index contributed by atoms with van der Waals surface area (Å²) in [5.74, 6) is 3.80. The molecule has 0 spiro atoms. The Kier molecular flexibility index (Phi) is 12.8. The number of ether oxygens (including phenoxy) is 3. The molecule has 0 fully saturated rings. The first kappa shape index (κ1) is 28.7.